The third-order valence-electron chi connectivity index (χ3n) is 4.23. The molecular weight excluding hydrogens is 292 g/mol. The van der Waals surface area contributed by atoms with Crippen LogP contribution in [-0.4, -0.2) is 50.4 Å². The Morgan fingerprint density at radius 2 is 1.83 bits per heavy atom. The maximum Gasteiger partial charge on any atom is 0.225 e. The summed E-state index contributed by atoms with van der Waals surface area (Å²) in [5, 5.41) is 0. The Morgan fingerprint density at radius 1 is 1.09 bits per heavy atom. The van der Waals surface area contributed by atoms with Crippen LogP contribution < -0.4 is 19.3 Å². The number of quaternary nitrogens is 1. The highest BCUT2D eigenvalue weighted by Gasteiger charge is 2.22. The SMILES string of the molecule is COc1ccc(OC)c(C[NH+]2CCN(c3ncccn3)CC2)c1. The molecule has 2 aromatic rings. The molecule has 1 aromatic carbocycles. The van der Waals surface area contributed by atoms with E-state index in [0.29, 0.717) is 0 Å². The van der Waals surface area contributed by atoms with Crippen molar-refractivity contribution in [3.05, 3.63) is 42.2 Å². The van der Waals surface area contributed by atoms with Crippen LogP contribution in [0.3, 0.4) is 0 Å². The van der Waals surface area contributed by atoms with Gasteiger partial charge in [-0.3, -0.25) is 0 Å². The zero-order valence-corrected chi connectivity index (χ0v) is 13.7. The molecular formula is C17H23N4O2+. The minimum atomic E-state index is 0.825. The number of benzene rings is 1. The summed E-state index contributed by atoms with van der Waals surface area (Å²) >= 11 is 0. The van der Waals surface area contributed by atoms with Gasteiger partial charge in [-0.1, -0.05) is 0 Å². The van der Waals surface area contributed by atoms with Crippen molar-refractivity contribution >= 4 is 5.95 Å². The van der Waals surface area contributed by atoms with Crippen LogP contribution in [0, 0.1) is 0 Å². The van der Waals surface area contributed by atoms with Crippen molar-refractivity contribution in [2.24, 2.45) is 0 Å². The molecule has 23 heavy (non-hydrogen) atoms. The van der Waals surface area contributed by atoms with E-state index in [2.05, 4.69) is 20.9 Å². The highest BCUT2D eigenvalue weighted by Crippen LogP contribution is 2.23. The number of aromatic nitrogens is 2. The first-order chi connectivity index (χ1) is 11.3. The fraction of sp³-hybridized carbons (Fsp3) is 0.412. The maximum atomic E-state index is 5.48. The lowest BCUT2D eigenvalue weighted by Crippen LogP contribution is -3.13. The van der Waals surface area contributed by atoms with Gasteiger partial charge in [-0.05, 0) is 24.3 Å². The molecule has 1 N–H and O–H groups in total. The summed E-state index contributed by atoms with van der Waals surface area (Å²) in [5.41, 5.74) is 1.19. The van der Waals surface area contributed by atoms with Crippen molar-refractivity contribution in [2.75, 3.05) is 45.3 Å². The summed E-state index contributed by atoms with van der Waals surface area (Å²) in [5.74, 6) is 2.62. The van der Waals surface area contributed by atoms with Gasteiger partial charge in [0.25, 0.3) is 0 Å². The summed E-state index contributed by atoms with van der Waals surface area (Å²) in [4.78, 5) is 12.4. The first-order valence-electron chi connectivity index (χ1n) is 7.86. The number of hydrogen-bond donors (Lipinski definition) is 1. The minimum Gasteiger partial charge on any atom is -0.497 e. The Balaban J connectivity index is 1.63. The van der Waals surface area contributed by atoms with Gasteiger partial charge < -0.3 is 19.3 Å². The number of piperazine rings is 1. The standard InChI is InChI=1S/C17H22N4O2/c1-22-15-4-5-16(23-2)14(12-15)13-20-8-10-21(11-9-20)17-18-6-3-7-19-17/h3-7,12H,8-11,13H2,1-2H3/p+1. The molecule has 1 aliphatic rings. The van der Waals surface area contributed by atoms with Gasteiger partial charge in [-0.15, -0.1) is 0 Å². The monoisotopic (exact) mass is 315 g/mol. The average Bonchev–Trinajstić information content (AvgIpc) is 2.63. The van der Waals surface area contributed by atoms with Gasteiger partial charge in [0.1, 0.15) is 18.0 Å². The van der Waals surface area contributed by atoms with E-state index in [1.165, 1.54) is 10.5 Å². The average molecular weight is 315 g/mol. The van der Waals surface area contributed by atoms with E-state index in [9.17, 15) is 0 Å². The number of anilines is 1. The van der Waals surface area contributed by atoms with Crippen LogP contribution in [0.2, 0.25) is 0 Å². The molecule has 0 amide bonds. The highest BCUT2D eigenvalue weighted by molar-refractivity contribution is 5.39. The van der Waals surface area contributed by atoms with Crippen molar-refractivity contribution < 1.29 is 14.4 Å². The summed E-state index contributed by atoms with van der Waals surface area (Å²) in [6.07, 6.45) is 3.59. The largest absolute Gasteiger partial charge is 0.497 e. The van der Waals surface area contributed by atoms with Gasteiger partial charge in [-0.25, -0.2) is 9.97 Å². The van der Waals surface area contributed by atoms with Crippen molar-refractivity contribution in [1.29, 1.82) is 0 Å². The van der Waals surface area contributed by atoms with Crippen molar-refractivity contribution in [3.8, 4) is 11.5 Å². The van der Waals surface area contributed by atoms with E-state index < -0.39 is 0 Å². The molecule has 6 nitrogen and oxygen atoms in total. The van der Waals surface area contributed by atoms with Crippen LogP contribution in [0.1, 0.15) is 5.56 Å². The second kappa shape index (κ2) is 7.28. The molecule has 0 aliphatic carbocycles. The lowest BCUT2D eigenvalue weighted by atomic mass is 10.1. The predicted octanol–water partition coefficient (Wildman–Crippen LogP) is 0.399. The van der Waals surface area contributed by atoms with Crippen molar-refractivity contribution in [2.45, 2.75) is 6.54 Å². The van der Waals surface area contributed by atoms with Crippen LogP contribution in [0.5, 0.6) is 11.5 Å². The third kappa shape index (κ3) is 3.71. The minimum absolute atomic E-state index is 0.825. The van der Waals surface area contributed by atoms with Gasteiger partial charge >= 0.3 is 0 Å². The number of rotatable bonds is 5. The van der Waals surface area contributed by atoms with Crippen molar-refractivity contribution in [3.63, 3.8) is 0 Å². The Morgan fingerprint density at radius 3 is 2.48 bits per heavy atom. The number of ether oxygens (including phenoxy) is 2. The number of nitrogens with one attached hydrogen (secondary N) is 1. The lowest BCUT2D eigenvalue weighted by molar-refractivity contribution is -0.914. The molecule has 0 radical (unpaired) electrons. The van der Waals surface area contributed by atoms with Crippen LogP contribution in [0.25, 0.3) is 0 Å². The Labute approximate surface area is 136 Å². The van der Waals surface area contributed by atoms with E-state index in [1.54, 1.807) is 26.6 Å². The molecule has 0 saturated carbocycles. The summed E-state index contributed by atoms with van der Waals surface area (Å²) < 4.78 is 10.8. The second-order valence-electron chi connectivity index (χ2n) is 5.64. The highest BCUT2D eigenvalue weighted by atomic mass is 16.5. The lowest BCUT2D eigenvalue weighted by Gasteiger charge is -2.32. The summed E-state index contributed by atoms with van der Waals surface area (Å²) in [6.45, 7) is 4.97. The smallest absolute Gasteiger partial charge is 0.225 e. The molecule has 0 bridgehead atoms. The summed E-state index contributed by atoms with van der Waals surface area (Å²) in [6, 6.07) is 7.82. The second-order valence-corrected chi connectivity index (χ2v) is 5.64. The molecule has 1 saturated heterocycles. The van der Waals surface area contributed by atoms with Crippen LogP contribution in [0.15, 0.2) is 36.7 Å². The van der Waals surface area contributed by atoms with Gasteiger partial charge in [0.2, 0.25) is 5.95 Å². The van der Waals surface area contributed by atoms with E-state index >= 15 is 0 Å². The molecule has 3 rings (SSSR count). The summed E-state index contributed by atoms with van der Waals surface area (Å²) in [7, 11) is 3.41. The van der Waals surface area contributed by atoms with E-state index in [4.69, 9.17) is 9.47 Å². The molecule has 1 fully saturated rings. The Hall–Kier alpha value is -2.34. The molecule has 6 heteroatoms. The molecule has 1 aromatic heterocycles. The molecule has 2 heterocycles. The van der Waals surface area contributed by atoms with Crippen LogP contribution >= 0.6 is 0 Å². The maximum absolute atomic E-state index is 5.48. The number of hydrogen-bond acceptors (Lipinski definition) is 5. The zero-order valence-electron chi connectivity index (χ0n) is 13.7. The predicted molar refractivity (Wildman–Crippen MR) is 88.2 cm³/mol. The Bertz CT molecular complexity index is 628. The molecule has 0 unspecified atom stereocenters. The first kappa shape index (κ1) is 15.6. The fourth-order valence-electron chi connectivity index (χ4n) is 2.94. The van der Waals surface area contributed by atoms with Gasteiger partial charge in [0.15, 0.2) is 0 Å². The molecule has 0 atom stereocenters. The fourth-order valence-corrected chi connectivity index (χ4v) is 2.94. The van der Waals surface area contributed by atoms with Gasteiger partial charge in [-0.2, -0.15) is 0 Å². The van der Waals surface area contributed by atoms with E-state index in [-0.39, 0.29) is 0 Å². The van der Waals surface area contributed by atoms with E-state index in [1.807, 2.05) is 18.2 Å². The molecule has 1 aliphatic heterocycles. The normalized spacial score (nSPS) is 15.5. The third-order valence-corrected chi connectivity index (χ3v) is 4.23. The van der Waals surface area contributed by atoms with Crippen LogP contribution in [0.4, 0.5) is 5.95 Å². The topological polar surface area (TPSA) is 51.9 Å². The van der Waals surface area contributed by atoms with Crippen LogP contribution in [-0.2, 0) is 6.54 Å². The molecule has 122 valence electrons. The van der Waals surface area contributed by atoms with Gasteiger partial charge in [0.05, 0.1) is 46.0 Å². The quantitative estimate of drug-likeness (QED) is 0.865. The zero-order chi connectivity index (χ0) is 16.1. The number of methoxy groups -OCH3 is 2. The molecule has 0 spiro atoms. The van der Waals surface area contributed by atoms with Crippen molar-refractivity contribution in [1.82, 2.24) is 9.97 Å². The van der Waals surface area contributed by atoms with Gasteiger partial charge in [0, 0.05) is 12.4 Å². The first-order valence-corrected chi connectivity index (χ1v) is 7.86. The Kier molecular flexibility index (Phi) is 4.92. The number of nitrogens with zero attached hydrogens (tertiary/aromatic N) is 3. The van der Waals surface area contributed by atoms with E-state index in [0.717, 1.165) is 50.2 Å².